The van der Waals surface area contributed by atoms with E-state index in [9.17, 15) is 0 Å². The number of halogens is 1. The molecule has 2 aromatic rings. The summed E-state index contributed by atoms with van der Waals surface area (Å²) < 4.78 is 5.57. The Bertz CT molecular complexity index is 582. The molecule has 1 atom stereocenters. The molecule has 1 aliphatic heterocycles. The molecule has 2 heterocycles. The van der Waals surface area contributed by atoms with Crippen LogP contribution in [0.3, 0.4) is 0 Å². The second-order valence-corrected chi connectivity index (χ2v) is 6.51. The summed E-state index contributed by atoms with van der Waals surface area (Å²) in [7, 11) is 1.72. The number of methoxy groups -OCH3 is 1. The third-order valence-electron chi connectivity index (χ3n) is 3.82. The molecule has 5 heteroatoms. The zero-order valence-electron chi connectivity index (χ0n) is 12.0. The number of piperazine rings is 1. The minimum Gasteiger partial charge on any atom is -0.496 e. The molecule has 0 radical (unpaired) electrons. The van der Waals surface area contributed by atoms with Gasteiger partial charge < -0.3 is 10.1 Å². The maximum atomic E-state index is 6.24. The molecular weight excluding hydrogens is 304 g/mol. The molecular formula is C16H19ClN2OS. The lowest BCUT2D eigenvalue weighted by Crippen LogP contribution is -2.45. The zero-order valence-corrected chi connectivity index (χ0v) is 13.6. The van der Waals surface area contributed by atoms with Crippen LogP contribution in [0.1, 0.15) is 16.5 Å². The summed E-state index contributed by atoms with van der Waals surface area (Å²) in [6.07, 6.45) is 0. The van der Waals surface area contributed by atoms with Crippen molar-refractivity contribution >= 4 is 22.9 Å². The number of ether oxygens (including phenoxy) is 1. The molecule has 3 rings (SSSR count). The average Bonchev–Trinajstić information content (AvgIpc) is 3.03. The van der Waals surface area contributed by atoms with E-state index in [1.54, 1.807) is 18.4 Å². The molecule has 1 aliphatic rings. The Morgan fingerprint density at radius 2 is 2.10 bits per heavy atom. The van der Waals surface area contributed by atoms with Gasteiger partial charge in [0, 0.05) is 41.6 Å². The van der Waals surface area contributed by atoms with E-state index in [0.717, 1.165) is 42.5 Å². The summed E-state index contributed by atoms with van der Waals surface area (Å²) in [6.45, 7) is 4.09. The van der Waals surface area contributed by atoms with Crippen LogP contribution in [0.2, 0.25) is 5.02 Å². The molecule has 1 unspecified atom stereocenters. The maximum absolute atomic E-state index is 6.24. The zero-order chi connectivity index (χ0) is 14.7. The van der Waals surface area contributed by atoms with E-state index in [4.69, 9.17) is 16.3 Å². The van der Waals surface area contributed by atoms with Gasteiger partial charge in [-0.25, -0.2) is 0 Å². The Labute approximate surface area is 134 Å². The molecule has 3 nitrogen and oxygen atoms in total. The molecule has 1 fully saturated rings. The van der Waals surface area contributed by atoms with Crippen molar-refractivity contribution in [1.82, 2.24) is 10.2 Å². The van der Waals surface area contributed by atoms with Crippen LogP contribution in [-0.4, -0.2) is 38.2 Å². The summed E-state index contributed by atoms with van der Waals surface area (Å²) in [5.41, 5.74) is 1.15. The number of hydrogen-bond donors (Lipinski definition) is 1. The molecule has 1 saturated heterocycles. The fraction of sp³-hybridized carbons (Fsp3) is 0.375. The third kappa shape index (κ3) is 3.24. The minimum atomic E-state index is 0.209. The maximum Gasteiger partial charge on any atom is 0.124 e. The fourth-order valence-corrected chi connectivity index (χ4v) is 3.89. The van der Waals surface area contributed by atoms with Crippen molar-refractivity contribution in [1.29, 1.82) is 0 Å². The lowest BCUT2D eigenvalue weighted by molar-refractivity contribution is 0.197. The highest BCUT2D eigenvalue weighted by Gasteiger charge is 2.27. The molecule has 0 amide bonds. The van der Waals surface area contributed by atoms with Crippen molar-refractivity contribution < 1.29 is 4.74 Å². The standard InChI is InChI=1S/C16H19ClN2OS/c1-20-14-5-4-12(17)11-13(14)16(15-3-2-10-21-15)19-8-6-18-7-9-19/h2-5,10-11,16,18H,6-9H2,1H3. The van der Waals surface area contributed by atoms with Gasteiger partial charge in [-0.3, -0.25) is 4.90 Å². The molecule has 0 aliphatic carbocycles. The van der Waals surface area contributed by atoms with E-state index >= 15 is 0 Å². The van der Waals surface area contributed by atoms with Crippen molar-refractivity contribution in [3.05, 3.63) is 51.2 Å². The highest BCUT2D eigenvalue weighted by molar-refractivity contribution is 7.10. The van der Waals surface area contributed by atoms with Crippen LogP contribution < -0.4 is 10.1 Å². The van der Waals surface area contributed by atoms with Gasteiger partial charge in [-0.05, 0) is 29.6 Å². The molecule has 1 N–H and O–H groups in total. The van der Waals surface area contributed by atoms with Gasteiger partial charge in [-0.15, -0.1) is 11.3 Å². The third-order valence-corrected chi connectivity index (χ3v) is 4.98. The van der Waals surface area contributed by atoms with Gasteiger partial charge in [0.2, 0.25) is 0 Å². The Morgan fingerprint density at radius 3 is 2.76 bits per heavy atom. The predicted octanol–water partition coefficient (Wildman–Crippen LogP) is 3.40. The second-order valence-electron chi connectivity index (χ2n) is 5.09. The first-order valence-corrected chi connectivity index (χ1v) is 8.37. The van der Waals surface area contributed by atoms with Crippen LogP contribution in [0.4, 0.5) is 0 Å². The topological polar surface area (TPSA) is 24.5 Å². The Balaban J connectivity index is 2.04. The van der Waals surface area contributed by atoms with Gasteiger partial charge in [-0.1, -0.05) is 17.7 Å². The number of thiophene rings is 1. The highest BCUT2D eigenvalue weighted by Crippen LogP contribution is 2.38. The predicted molar refractivity (Wildman–Crippen MR) is 88.6 cm³/mol. The van der Waals surface area contributed by atoms with Crippen LogP contribution in [0.15, 0.2) is 35.7 Å². The number of nitrogens with one attached hydrogen (secondary N) is 1. The van der Waals surface area contributed by atoms with Gasteiger partial charge in [0.1, 0.15) is 5.75 Å². The molecule has 1 aromatic carbocycles. The molecule has 112 valence electrons. The molecule has 0 bridgehead atoms. The van der Waals surface area contributed by atoms with Gasteiger partial charge in [0.15, 0.2) is 0 Å². The van der Waals surface area contributed by atoms with E-state index in [0.29, 0.717) is 0 Å². The normalized spacial score (nSPS) is 17.6. The van der Waals surface area contributed by atoms with Crippen LogP contribution >= 0.6 is 22.9 Å². The van der Waals surface area contributed by atoms with Gasteiger partial charge in [-0.2, -0.15) is 0 Å². The molecule has 0 spiro atoms. The second kappa shape index (κ2) is 6.79. The lowest BCUT2D eigenvalue weighted by atomic mass is 10.0. The Kier molecular flexibility index (Phi) is 4.80. The van der Waals surface area contributed by atoms with E-state index in [1.807, 2.05) is 18.2 Å². The van der Waals surface area contributed by atoms with E-state index in [-0.39, 0.29) is 6.04 Å². The van der Waals surface area contributed by atoms with E-state index in [1.165, 1.54) is 4.88 Å². The van der Waals surface area contributed by atoms with Crippen molar-refractivity contribution in [3.8, 4) is 5.75 Å². The largest absolute Gasteiger partial charge is 0.496 e. The summed E-state index contributed by atoms with van der Waals surface area (Å²) >= 11 is 8.02. The molecule has 1 aromatic heterocycles. The van der Waals surface area contributed by atoms with E-state index in [2.05, 4.69) is 27.7 Å². The Hall–Kier alpha value is -1.07. The van der Waals surface area contributed by atoms with E-state index < -0.39 is 0 Å². The Morgan fingerprint density at radius 1 is 1.29 bits per heavy atom. The number of nitrogens with zero attached hydrogens (tertiary/aromatic N) is 1. The molecule has 21 heavy (non-hydrogen) atoms. The summed E-state index contributed by atoms with van der Waals surface area (Å²) in [4.78, 5) is 3.83. The summed E-state index contributed by atoms with van der Waals surface area (Å²) in [5, 5.41) is 6.29. The van der Waals surface area contributed by atoms with Crippen LogP contribution in [0.5, 0.6) is 5.75 Å². The number of benzene rings is 1. The van der Waals surface area contributed by atoms with Gasteiger partial charge in [0.25, 0.3) is 0 Å². The first kappa shape index (κ1) is 14.9. The summed E-state index contributed by atoms with van der Waals surface area (Å²) in [6, 6.07) is 10.4. The summed E-state index contributed by atoms with van der Waals surface area (Å²) in [5.74, 6) is 0.899. The average molecular weight is 323 g/mol. The van der Waals surface area contributed by atoms with Crippen molar-refractivity contribution in [2.24, 2.45) is 0 Å². The number of rotatable bonds is 4. The lowest BCUT2D eigenvalue weighted by Gasteiger charge is -2.35. The number of hydrogen-bond acceptors (Lipinski definition) is 4. The quantitative estimate of drug-likeness (QED) is 0.933. The monoisotopic (exact) mass is 322 g/mol. The fourth-order valence-electron chi connectivity index (χ4n) is 2.84. The van der Waals surface area contributed by atoms with Crippen LogP contribution in [0.25, 0.3) is 0 Å². The first-order chi connectivity index (χ1) is 10.3. The van der Waals surface area contributed by atoms with Crippen molar-refractivity contribution in [3.63, 3.8) is 0 Å². The van der Waals surface area contributed by atoms with Crippen molar-refractivity contribution in [2.75, 3.05) is 33.3 Å². The smallest absolute Gasteiger partial charge is 0.124 e. The van der Waals surface area contributed by atoms with Crippen molar-refractivity contribution in [2.45, 2.75) is 6.04 Å². The minimum absolute atomic E-state index is 0.209. The SMILES string of the molecule is COc1ccc(Cl)cc1C(c1cccs1)N1CCNCC1. The highest BCUT2D eigenvalue weighted by atomic mass is 35.5. The van der Waals surface area contributed by atoms with Gasteiger partial charge >= 0.3 is 0 Å². The van der Waals surface area contributed by atoms with Crippen LogP contribution in [0, 0.1) is 0 Å². The van der Waals surface area contributed by atoms with Crippen LogP contribution in [-0.2, 0) is 0 Å². The molecule has 0 saturated carbocycles. The van der Waals surface area contributed by atoms with Gasteiger partial charge in [0.05, 0.1) is 13.2 Å². The first-order valence-electron chi connectivity index (χ1n) is 7.11.